The van der Waals surface area contributed by atoms with Crippen molar-refractivity contribution in [3.8, 4) is 5.82 Å². The Morgan fingerprint density at radius 1 is 1.28 bits per heavy atom. The summed E-state index contributed by atoms with van der Waals surface area (Å²) in [6.45, 7) is 7.09. The van der Waals surface area contributed by atoms with E-state index >= 15 is 0 Å². The van der Waals surface area contributed by atoms with Crippen LogP contribution in [0.25, 0.3) is 5.82 Å². The van der Waals surface area contributed by atoms with Crippen molar-refractivity contribution in [3.05, 3.63) is 42.1 Å². The standard InChI is InChI=1S/C19H30N6/c1-5-6-7-8-15(2)24-19(20-4)23-14-17-9-10-18(22-13-17)25-12-11-21-16(25)3/h9-13,15H,5-8,14H2,1-4H3,(H2,20,23,24). The fourth-order valence-electron chi connectivity index (χ4n) is 2.67. The average Bonchev–Trinajstić information content (AvgIpc) is 3.05. The zero-order chi connectivity index (χ0) is 18.1. The van der Waals surface area contributed by atoms with E-state index < -0.39 is 0 Å². The van der Waals surface area contributed by atoms with Gasteiger partial charge in [-0.1, -0.05) is 32.3 Å². The largest absolute Gasteiger partial charge is 0.354 e. The van der Waals surface area contributed by atoms with Gasteiger partial charge in [0, 0.05) is 38.2 Å². The first-order valence-corrected chi connectivity index (χ1v) is 9.06. The smallest absolute Gasteiger partial charge is 0.191 e. The zero-order valence-corrected chi connectivity index (χ0v) is 15.8. The molecule has 2 aromatic heterocycles. The topological polar surface area (TPSA) is 67.1 Å². The van der Waals surface area contributed by atoms with Gasteiger partial charge in [0.15, 0.2) is 5.96 Å². The second kappa shape index (κ2) is 9.81. The van der Waals surface area contributed by atoms with Gasteiger partial charge in [-0.25, -0.2) is 9.97 Å². The maximum atomic E-state index is 4.52. The van der Waals surface area contributed by atoms with Gasteiger partial charge in [0.25, 0.3) is 0 Å². The summed E-state index contributed by atoms with van der Waals surface area (Å²) in [7, 11) is 1.80. The fourth-order valence-corrected chi connectivity index (χ4v) is 2.67. The second-order valence-corrected chi connectivity index (χ2v) is 6.34. The summed E-state index contributed by atoms with van der Waals surface area (Å²) in [6.07, 6.45) is 10.5. The van der Waals surface area contributed by atoms with E-state index in [2.05, 4.69) is 45.5 Å². The highest BCUT2D eigenvalue weighted by Gasteiger charge is 2.06. The van der Waals surface area contributed by atoms with E-state index in [1.54, 1.807) is 13.2 Å². The lowest BCUT2D eigenvalue weighted by molar-refractivity contribution is 0.546. The number of hydrogen-bond acceptors (Lipinski definition) is 3. The van der Waals surface area contributed by atoms with Crippen LogP contribution >= 0.6 is 0 Å². The third kappa shape index (κ3) is 5.89. The third-order valence-electron chi connectivity index (χ3n) is 4.19. The van der Waals surface area contributed by atoms with E-state index in [0.717, 1.165) is 29.6 Å². The van der Waals surface area contributed by atoms with E-state index in [4.69, 9.17) is 0 Å². The summed E-state index contributed by atoms with van der Waals surface area (Å²) < 4.78 is 1.97. The molecule has 6 heteroatoms. The lowest BCUT2D eigenvalue weighted by atomic mass is 10.1. The fraction of sp³-hybridized carbons (Fsp3) is 0.526. The molecule has 0 aliphatic carbocycles. The zero-order valence-electron chi connectivity index (χ0n) is 15.8. The molecule has 2 aromatic rings. The monoisotopic (exact) mass is 342 g/mol. The molecule has 0 radical (unpaired) electrons. The number of rotatable bonds is 8. The predicted molar refractivity (Wildman–Crippen MR) is 103 cm³/mol. The molecule has 1 atom stereocenters. The Morgan fingerprint density at radius 2 is 2.12 bits per heavy atom. The van der Waals surface area contributed by atoms with Crippen LogP contribution in [0.4, 0.5) is 0 Å². The van der Waals surface area contributed by atoms with Crippen molar-refractivity contribution in [2.45, 2.75) is 59.0 Å². The van der Waals surface area contributed by atoms with Gasteiger partial charge in [-0.15, -0.1) is 0 Å². The SMILES string of the molecule is CCCCCC(C)NC(=NC)NCc1ccc(-n2ccnc2C)nc1. The van der Waals surface area contributed by atoms with Gasteiger partial charge in [-0.2, -0.15) is 0 Å². The van der Waals surface area contributed by atoms with Gasteiger partial charge < -0.3 is 10.6 Å². The summed E-state index contributed by atoms with van der Waals surface area (Å²) in [5.74, 6) is 2.64. The highest BCUT2D eigenvalue weighted by molar-refractivity contribution is 5.79. The number of nitrogens with zero attached hydrogens (tertiary/aromatic N) is 4. The van der Waals surface area contributed by atoms with Crippen LogP contribution < -0.4 is 10.6 Å². The minimum atomic E-state index is 0.419. The Morgan fingerprint density at radius 3 is 2.72 bits per heavy atom. The maximum Gasteiger partial charge on any atom is 0.191 e. The number of hydrogen-bond donors (Lipinski definition) is 2. The van der Waals surface area contributed by atoms with Gasteiger partial charge >= 0.3 is 0 Å². The Bertz CT molecular complexity index is 659. The van der Waals surface area contributed by atoms with Crippen LogP contribution in [0.3, 0.4) is 0 Å². The van der Waals surface area contributed by atoms with Gasteiger partial charge in [-0.3, -0.25) is 9.56 Å². The molecular formula is C19H30N6. The van der Waals surface area contributed by atoms with E-state index in [9.17, 15) is 0 Å². The van der Waals surface area contributed by atoms with E-state index in [-0.39, 0.29) is 0 Å². The molecular weight excluding hydrogens is 312 g/mol. The van der Waals surface area contributed by atoms with Crippen LogP contribution in [-0.2, 0) is 6.54 Å². The number of aryl methyl sites for hydroxylation is 1. The van der Waals surface area contributed by atoms with Crippen molar-refractivity contribution >= 4 is 5.96 Å². The van der Waals surface area contributed by atoms with Gasteiger partial charge in [0.05, 0.1) is 0 Å². The molecule has 136 valence electrons. The highest BCUT2D eigenvalue weighted by Crippen LogP contribution is 2.08. The summed E-state index contributed by atoms with van der Waals surface area (Å²) >= 11 is 0. The molecule has 25 heavy (non-hydrogen) atoms. The normalized spacial score (nSPS) is 12.9. The number of unbranched alkanes of at least 4 members (excludes halogenated alkanes) is 2. The van der Waals surface area contributed by atoms with E-state index in [0.29, 0.717) is 12.6 Å². The molecule has 0 amide bonds. The minimum Gasteiger partial charge on any atom is -0.354 e. The summed E-state index contributed by atoms with van der Waals surface area (Å²) in [5, 5.41) is 6.80. The van der Waals surface area contributed by atoms with Gasteiger partial charge in [-0.05, 0) is 31.9 Å². The van der Waals surface area contributed by atoms with Crippen LogP contribution in [-0.4, -0.2) is 33.6 Å². The third-order valence-corrected chi connectivity index (χ3v) is 4.19. The predicted octanol–water partition coefficient (Wildman–Crippen LogP) is 3.21. The first-order valence-electron chi connectivity index (χ1n) is 9.06. The molecule has 2 rings (SSSR count). The number of aliphatic imine (C=N–C) groups is 1. The summed E-state index contributed by atoms with van der Waals surface area (Å²) in [4.78, 5) is 13.0. The van der Waals surface area contributed by atoms with E-state index in [1.807, 2.05) is 30.0 Å². The molecule has 2 N–H and O–H groups in total. The van der Waals surface area contributed by atoms with Crippen molar-refractivity contribution in [2.75, 3.05) is 7.05 Å². The first kappa shape index (κ1) is 19.0. The lowest BCUT2D eigenvalue weighted by Crippen LogP contribution is -2.41. The highest BCUT2D eigenvalue weighted by atomic mass is 15.2. The molecule has 0 fully saturated rings. The van der Waals surface area contributed by atoms with Crippen molar-refractivity contribution in [2.24, 2.45) is 4.99 Å². The van der Waals surface area contributed by atoms with Crippen LogP contribution in [0, 0.1) is 6.92 Å². The van der Waals surface area contributed by atoms with Crippen LogP contribution in [0.1, 0.15) is 50.9 Å². The minimum absolute atomic E-state index is 0.419. The number of pyridine rings is 1. The molecule has 0 aliphatic heterocycles. The Kier molecular flexibility index (Phi) is 7.44. The molecule has 0 bridgehead atoms. The average molecular weight is 342 g/mol. The molecule has 0 saturated carbocycles. The molecule has 0 spiro atoms. The Labute approximate surface area is 150 Å². The molecule has 2 heterocycles. The van der Waals surface area contributed by atoms with Crippen molar-refractivity contribution in [1.82, 2.24) is 25.2 Å². The van der Waals surface area contributed by atoms with E-state index in [1.165, 1.54) is 19.3 Å². The second-order valence-electron chi connectivity index (χ2n) is 6.34. The summed E-state index contributed by atoms with van der Waals surface area (Å²) in [6, 6.07) is 4.50. The Balaban J connectivity index is 1.84. The van der Waals surface area contributed by atoms with Crippen LogP contribution in [0.5, 0.6) is 0 Å². The molecule has 0 aromatic carbocycles. The lowest BCUT2D eigenvalue weighted by Gasteiger charge is -2.18. The quantitative estimate of drug-likeness (QED) is 0.439. The van der Waals surface area contributed by atoms with Crippen LogP contribution in [0.15, 0.2) is 35.7 Å². The van der Waals surface area contributed by atoms with Gasteiger partial charge in [0.2, 0.25) is 0 Å². The number of guanidine groups is 1. The summed E-state index contributed by atoms with van der Waals surface area (Å²) in [5.41, 5.74) is 1.11. The molecule has 0 saturated heterocycles. The maximum absolute atomic E-state index is 4.52. The van der Waals surface area contributed by atoms with Crippen molar-refractivity contribution in [3.63, 3.8) is 0 Å². The number of imidazole rings is 1. The number of nitrogens with one attached hydrogen (secondary N) is 2. The van der Waals surface area contributed by atoms with Crippen molar-refractivity contribution < 1.29 is 0 Å². The molecule has 6 nitrogen and oxygen atoms in total. The van der Waals surface area contributed by atoms with Crippen LogP contribution in [0.2, 0.25) is 0 Å². The van der Waals surface area contributed by atoms with Crippen molar-refractivity contribution in [1.29, 1.82) is 0 Å². The molecule has 1 unspecified atom stereocenters. The number of aromatic nitrogens is 3. The molecule has 0 aliphatic rings. The Hall–Kier alpha value is -2.37. The van der Waals surface area contributed by atoms with Gasteiger partial charge in [0.1, 0.15) is 11.6 Å². The first-order chi connectivity index (χ1) is 12.1.